The van der Waals surface area contributed by atoms with E-state index in [2.05, 4.69) is 6.07 Å². The summed E-state index contributed by atoms with van der Waals surface area (Å²) in [7, 11) is 1.66. The van der Waals surface area contributed by atoms with Gasteiger partial charge in [0.25, 0.3) is 0 Å². The summed E-state index contributed by atoms with van der Waals surface area (Å²) in [4.78, 5) is 14.1. The molecule has 0 aliphatic heterocycles. The Kier molecular flexibility index (Phi) is 4.43. The van der Waals surface area contributed by atoms with Crippen LogP contribution in [0.25, 0.3) is 0 Å². The molecule has 0 aromatic heterocycles. The molecule has 4 nitrogen and oxygen atoms in total. The Bertz CT molecular complexity index is 455. The lowest BCUT2D eigenvalue weighted by molar-refractivity contribution is -0.132. The first-order chi connectivity index (χ1) is 9.15. The summed E-state index contributed by atoms with van der Waals surface area (Å²) in [6.07, 6.45) is 2.62. The van der Waals surface area contributed by atoms with E-state index in [0.717, 1.165) is 24.2 Å². The van der Waals surface area contributed by atoms with Gasteiger partial charge in [-0.1, -0.05) is 17.7 Å². The van der Waals surface area contributed by atoms with Crippen LogP contribution in [0.2, 0.25) is 0 Å². The maximum atomic E-state index is 12.1. The number of aryl methyl sites for hydroxylation is 1. The van der Waals surface area contributed by atoms with E-state index in [0.29, 0.717) is 25.6 Å². The van der Waals surface area contributed by atoms with Crippen LogP contribution < -0.4 is 10.5 Å². The lowest BCUT2D eigenvalue weighted by Gasteiger charge is -2.23. The second-order valence-corrected chi connectivity index (χ2v) is 5.11. The topological polar surface area (TPSA) is 55.6 Å². The molecule has 19 heavy (non-hydrogen) atoms. The molecule has 0 bridgehead atoms. The van der Waals surface area contributed by atoms with Crippen molar-refractivity contribution < 1.29 is 9.53 Å². The first kappa shape index (κ1) is 13.9. The van der Waals surface area contributed by atoms with Crippen LogP contribution in [-0.2, 0) is 11.3 Å². The first-order valence-corrected chi connectivity index (χ1v) is 6.78. The average Bonchev–Trinajstić information content (AvgIpc) is 3.20. The van der Waals surface area contributed by atoms with Gasteiger partial charge in [0.1, 0.15) is 5.75 Å². The molecule has 4 heteroatoms. The van der Waals surface area contributed by atoms with Crippen molar-refractivity contribution in [3.05, 3.63) is 29.3 Å². The third-order valence-corrected chi connectivity index (χ3v) is 3.44. The van der Waals surface area contributed by atoms with Gasteiger partial charge in [0, 0.05) is 31.1 Å². The molecule has 0 atom stereocenters. The molecule has 1 saturated carbocycles. The fraction of sp³-hybridized carbons (Fsp3) is 0.533. The van der Waals surface area contributed by atoms with Gasteiger partial charge in [0.05, 0.1) is 7.11 Å². The zero-order chi connectivity index (χ0) is 13.8. The number of nitrogens with zero attached hydrogens (tertiary/aromatic N) is 1. The Morgan fingerprint density at radius 2 is 2.21 bits per heavy atom. The van der Waals surface area contributed by atoms with Gasteiger partial charge in [0.15, 0.2) is 0 Å². The van der Waals surface area contributed by atoms with Crippen LogP contribution in [0.15, 0.2) is 18.2 Å². The molecule has 1 amide bonds. The minimum atomic E-state index is 0.147. The highest BCUT2D eigenvalue weighted by Crippen LogP contribution is 2.31. The van der Waals surface area contributed by atoms with Gasteiger partial charge in [-0.25, -0.2) is 0 Å². The van der Waals surface area contributed by atoms with E-state index in [-0.39, 0.29) is 5.91 Å². The van der Waals surface area contributed by atoms with Gasteiger partial charge in [-0.15, -0.1) is 0 Å². The molecule has 104 valence electrons. The Morgan fingerprint density at radius 1 is 1.47 bits per heavy atom. The van der Waals surface area contributed by atoms with Crippen LogP contribution in [0.5, 0.6) is 5.75 Å². The molecule has 1 fully saturated rings. The molecular weight excluding hydrogens is 240 g/mol. The van der Waals surface area contributed by atoms with Crippen molar-refractivity contribution in [1.29, 1.82) is 0 Å². The van der Waals surface area contributed by atoms with Crippen LogP contribution in [0.4, 0.5) is 0 Å². The highest BCUT2D eigenvalue weighted by atomic mass is 16.5. The number of hydrogen-bond acceptors (Lipinski definition) is 3. The van der Waals surface area contributed by atoms with Gasteiger partial charge >= 0.3 is 0 Å². The first-order valence-electron chi connectivity index (χ1n) is 6.78. The molecule has 0 heterocycles. The van der Waals surface area contributed by atoms with Crippen molar-refractivity contribution in [2.75, 3.05) is 13.7 Å². The molecule has 2 N–H and O–H groups in total. The van der Waals surface area contributed by atoms with Crippen molar-refractivity contribution in [1.82, 2.24) is 4.90 Å². The minimum absolute atomic E-state index is 0.147. The molecule has 0 radical (unpaired) electrons. The Hall–Kier alpha value is -1.55. The molecule has 0 unspecified atom stereocenters. The second-order valence-electron chi connectivity index (χ2n) is 5.11. The monoisotopic (exact) mass is 262 g/mol. The average molecular weight is 262 g/mol. The van der Waals surface area contributed by atoms with Crippen LogP contribution in [0.3, 0.4) is 0 Å². The molecule has 2 rings (SSSR count). The van der Waals surface area contributed by atoms with Crippen LogP contribution in [0.1, 0.15) is 30.4 Å². The van der Waals surface area contributed by atoms with Gasteiger partial charge in [-0.2, -0.15) is 0 Å². The lowest BCUT2D eigenvalue weighted by Crippen LogP contribution is -2.33. The molecule has 0 saturated heterocycles. The van der Waals surface area contributed by atoms with E-state index in [4.69, 9.17) is 10.5 Å². The lowest BCUT2D eigenvalue weighted by atomic mass is 10.1. The predicted octanol–water partition coefficient (Wildman–Crippen LogP) is 1.84. The van der Waals surface area contributed by atoms with Crippen molar-refractivity contribution in [2.45, 2.75) is 38.8 Å². The normalized spacial score (nSPS) is 14.3. The zero-order valence-electron chi connectivity index (χ0n) is 11.7. The smallest absolute Gasteiger partial charge is 0.224 e. The maximum absolute atomic E-state index is 12.1. The van der Waals surface area contributed by atoms with E-state index in [9.17, 15) is 4.79 Å². The number of methoxy groups -OCH3 is 1. The third-order valence-electron chi connectivity index (χ3n) is 3.44. The van der Waals surface area contributed by atoms with E-state index in [1.54, 1.807) is 7.11 Å². The van der Waals surface area contributed by atoms with Crippen molar-refractivity contribution in [3.63, 3.8) is 0 Å². The highest BCUT2D eigenvalue weighted by molar-refractivity contribution is 5.77. The number of hydrogen-bond donors (Lipinski definition) is 1. The number of rotatable bonds is 6. The Balaban J connectivity index is 2.16. The Morgan fingerprint density at radius 3 is 2.79 bits per heavy atom. The molecule has 1 aliphatic carbocycles. The fourth-order valence-electron chi connectivity index (χ4n) is 2.29. The number of benzene rings is 1. The van der Waals surface area contributed by atoms with E-state index in [1.807, 2.05) is 24.0 Å². The number of ether oxygens (including phenoxy) is 1. The quantitative estimate of drug-likeness (QED) is 0.851. The number of carbonyl (C=O) groups is 1. The fourth-order valence-corrected chi connectivity index (χ4v) is 2.29. The maximum Gasteiger partial charge on any atom is 0.224 e. The van der Waals surface area contributed by atoms with E-state index >= 15 is 0 Å². The highest BCUT2D eigenvalue weighted by Gasteiger charge is 2.32. The number of carbonyl (C=O) groups excluding carboxylic acids is 1. The van der Waals surface area contributed by atoms with Crippen molar-refractivity contribution in [3.8, 4) is 5.75 Å². The standard InChI is InChI=1S/C15H22N2O2/c1-11-3-6-14(19-2)12(9-11)10-17(13-4-5-13)15(18)7-8-16/h3,6,9,13H,4-5,7-8,10,16H2,1-2H3. The van der Waals surface area contributed by atoms with E-state index < -0.39 is 0 Å². The third kappa shape index (κ3) is 3.47. The second kappa shape index (κ2) is 6.06. The van der Waals surface area contributed by atoms with Crippen LogP contribution in [0, 0.1) is 6.92 Å². The van der Waals surface area contributed by atoms with Crippen molar-refractivity contribution >= 4 is 5.91 Å². The summed E-state index contributed by atoms with van der Waals surface area (Å²) in [6.45, 7) is 3.08. The van der Waals surface area contributed by atoms with Gasteiger partial charge in [0.2, 0.25) is 5.91 Å². The molecule has 1 aromatic carbocycles. The van der Waals surface area contributed by atoms with Gasteiger partial charge in [-0.3, -0.25) is 4.79 Å². The Labute approximate surface area is 114 Å². The van der Waals surface area contributed by atoms with Crippen LogP contribution >= 0.6 is 0 Å². The zero-order valence-corrected chi connectivity index (χ0v) is 11.7. The van der Waals surface area contributed by atoms with Crippen LogP contribution in [-0.4, -0.2) is 30.5 Å². The largest absolute Gasteiger partial charge is 0.496 e. The van der Waals surface area contributed by atoms with Gasteiger partial charge < -0.3 is 15.4 Å². The summed E-state index contributed by atoms with van der Waals surface area (Å²) >= 11 is 0. The number of amides is 1. The SMILES string of the molecule is COc1ccc(C)cc1CN(C(=O)CCN)C1CC1. The summed E-state index contributed by atoms with van der Waals surface area (Å²) in [5.74, 6) is 0.991. The summed E-state index contributed by atoms with van der Waals surface area (Å²) in [5, 5.41) is 0. The predicted molar refractivity (Wildman–Crippen MR) is 75.0 cm³/mol. The van der Waals surface area contributed by atoms with Crippen molar-refractivity contribution in [2.24, 2.45) is 5.73 Å². The molecule has 0 spiro atoms. The van der Waals surface area contributed by atoms with E-state index in [1.165, 1.54) is 5.56 Å². The summed E-state index contributed by atoms with van der Waals surface area (Å²) in [5.41, 5.74) is 7.74. The molecular formula is C15H22N2O2. The summed E-state index contributed by atoms with van der Waals surface area (Å²) in [6, 6.07) is 6.46. The van der Waals surface area contributed by atoms with Gasteiger partial charge in [-0.05, 0) is 25.8 Å². The molecule has 1 aliphatic rings. The number of nitrogens with two attached hydrogens (primary N) is 1. The minimum Gasteiger partial charge on any atom is -0.496 e. The molecule has 1 aromatic rings. The summed E-state index contributed by atoms with van der Waals surface area (Å²) < 4.78 is 5.38.